The van der Waals surface area contributed by atoms with Crippen LogP contribution in [0.4, 0.5) is 9.18 Å². The van der Waals surface area contributed by atoms with Crippen LogP contribution in [0.1, 0.15) is 41.6 Å². The molecule has 3 aliphatic rings. The van der Waals surface area contributed by atoms with Gasteiger partial charge in [-0.05, 0) is 60.7 Å². The largest absolute Gasteiger partial charge is 0.376 e. The van der Waals surface area contributed by atoms with Crippen molar-refractivity contribution in [3.8, 4) is 0 Å². The number of urea groups is 1. The molecule has 4 amide bonds. The molecule has 0 radical (unpaired) electrons. The van der Waals surface area contributed by atoms with Crippen LogP contribution in [0.5, 0.6) is 0 Å². The van der Waals surface area contributed by atoms with Gasteiger partial charge < -0.3 is 15.0 Å². The first-order valence-electron chi connectivity index (χ1n) is 11.8. The lowest BCUT2D eigenvalue weighted by molar-refractivity contribution is -0.135. The maximum Gasteiger partial charge on any atom is 0.325 e. The summed E-state index contributed by atoms with van der Waals surface area (Å²) in [6.07, 6.45) is 3.08. The van der Waals surface area contributed by atoms with Crippen LogP contribution < -0.4 is 5.32 Å². The average Bonchev–Trinajstić information content (AvgIpc) is 3.60. The number of carbonyl (C=O) groups is 3. The molecule has 1 aromatic heterocycles. The number of ether oxygens (including phenoxy) is 1. The maximum absolute atomic E-state index is 13.8. The molecule has 7 nitrogen and oxygen atoms in total. The quantitative estimate of drug-likeness (QED) is 0.636. The van der Waals surface area contributed by atoms with E-state index >= 15 is 0 Å². The molecule has 2 atom stereocenters. The third-order valence-corrected chi connectivity index (χ3v) is 7.94. The van der Waals surface area contributed by atoms with Crippen LogP contribution in [0.15, 0.2) is 41.1 Å². The highest BCUT2D eigenvalue weighted by Gasteiger charge is 2.56. The van der Waals surface area contributed by atoms with E-state index in [-0.39, 0.29) is 42.6 Å². The number of hydrogen-bond acceptors (Lipinski definition) is 5. The van der Waals surface area contributed by atoms with Gasteiger partial charge in [0.05, 0.1) is 18.2 Å². The number of hydrogen-bond donors (Lipinski definition) is 1. The fourth-order valence-electron chi connectivity index (χ4n) is 5.41. The number of thiophene rings is 1. The Morgan fingerprint density at radius 3 is 2.56 bits per heavy atom. The maximum atomic E-state index is 13.8. The van der Waals surface area contributed by atoms with Crippen LogP contribution in [-0.2, 0) is 16.0 Å². The van der Waals surface area contributed by atoms with Gasteiger partial charge >= 0.3 is 6.03 Å². The number of rotatable bonds is 6. The molecule has 3 aliphatic heterocycles. The molecule has 3 fully saturated rings. The third-order valence-electron chi connectivity index (χ3n) is 7.26. The van der Waals surface area contributed by atoms with E-state index in [0.29, 0.717) is 38.1 Å². The summed E-state index contributed by atoms with van der Waals surface area (Å²) in [6, 6.07) is 7.48. The Morgan fingerprint density at radius 1 is 1.15 bits per heavy atom. The molecule has 34 heavy (non-hydrogen) atoms. The minimum absolute atomic E-state index is 0.00548. The van der Waals surface area contributed by atoms with Crippen molar-refractivity contribution in [2.75, 3.05) is 26.2 Å². The van der Waals surface area contributed by atoms with Gasteiger partial charge in [0.1, 0.15) is 11.4 Å². The number of imide groups is 1. The van der Waals surface area contributed by atoms with Gasteiger partial charge in [0, 0.05) is 31.5 Å². The van der Waals surface area contributed by atoms with E-state index in [9.17, 15) is 18.8 Å². The molecule has 2 unspecified atom stereocenters. The van der Waals surface area contributed by atoms with Gasteiger partial charge in [0.2, 0.25) is 0 Å². The van der Waals surface area contributed by atoms with Gasteiger partial charge in [0.25, 0.3) is 11.8 Å². The molecule has 0 bridgehead atoms. The van der Waals surface area contributed by atoms with Crippen molar-refractivity contribution < 1.29 is 23.5 Å². The van der Waals surface area contributed by atoms with Crippen LogP contribution in [-0.4, -0.2) is 65.5 Å². The second-order valence-electron chi connectivity index (χ2n) is 9.33. The topological polar surface area (TPSA) is 79.0 Å². The molecule has 1 N–H and O–H groups in total. The van der Waals surface area contributed by atoms with Gasteiger partial charge in [-0.25, -0.2) is 9.18 Å². The Bertz CT molecular complexity index is 1050. The van der Waals surface area contributed by atoms with Gasteiger partial charge in [-0.2, -0.15) is 11.3 Å². The van der Waals surface area contributed by atoms with E-state index in [1.54, 1.807) is 12.1 Å². The molecule has 4 heterocycles. The summed E-state index contributed by atoms with van der Waals surface area (Å²) >= 11 is 1.49. The van der Waals surface area contributed by atoms with Gasteiger partial charge in [0.15, 0.2) is 0 Å². The Morgan fingerprint density at radius 2 is 1.91 bits per heavy atom. The normalized spacial score (nSPS) is 25.7. The van der Waals surface area contributed by atoms with Crippen LogP contribution in [0, 0.1) is 11.7 Å². The summed E-state index contributed by atoms with van der Waals surface area (Å²) in [7, 11) is 0. The SMILES string of the molecule is O=C(c1ccsc1)N1CCC(C2(Cc3ccc(F)cc3)NC(=O)N(CC3CCCO3)C2=O)CC1. The predicted molar refractivity (Wildman–Crippen MR) is 125 cm³/mol. The zero-order valence-corrected chi connectivity index (χ0v) is 19.7. The minimum atomic E-state index is -1.12. The van der Waals surface area contributed by atoms with E-state index in [1.165, 1.54) is 28.4 Å². The number of halogens is 1. The van der Waals surface area contributed by atoms with Gasteiger partial charge in [-0.3, -0.25) is 14.5 Å². The summed E-state index contributed by atoms with van der Waals surface area (Å²) in [6.45, 7) is 1.91. The Kier molecular flexibility index (Phi) is 6.40. The fourth-order valence-corrected chi connectivity index (χ4v) is 6.04. The van der Waals surface area contributed by atoms with Crippen molar-refractivity contribution in [2.24, 2.45) is 5.92 Å². The van der Waals surface area contributed by atoms with E-state index in [2.05, 4.69) is 5.32 Å². The standard InChI is InChI=1S/C25H28FN3O4S/c26-20-5-3-17(4-6-20)14-25(23(31)29(24(32)27-25)15-21-2-1-12-33-21)19-7-10-28(11-8-19)22(30)18-9-13-34-16-18/h3-6,9,13,16,19,21H,1-2,7-8,10-12,14-15H2,(H,27,32). The number of likely N-dealkylation sites (tertiary alicyclic amines) is 1. The monoisotopic (exact) mass is 485 g/mol. The first-order chi connectivity index (χ1) is 16.5. The molecule has 3 saturated heterocycles. The lowest BCUT2D eigenvalue weighted by Crippen LogP contribution is -2.58. The zero-order chi connectivity index (χ0) is 23.7. The third kappa shape index (κ3) is 4.34. The van der Waals surface area contributed by atoms with Crippen LogP contribution >= 0.6 is 11.3 Å². The molecule has 1 aromatic carbocycles. The summed E-state index contributed by atoms with van der Waals surface area (Å²) in [5.74, 6) is -0.746. The highest BCUT2D eigenvalue weighted by atomic mass is 32.1. The van der Waals surface area contributed by atoms with Crippen LogP contribution in [0.25, 0.3) is 0 Å². The molecule has 0 saturated carbocycles. The fraction of sp³-hybridized carbons (Fsp3) is 0.480. The molecular formula is C25H28FN3O4S. The Labute approximate surface area is 201 Å². The van der Waals surface area contributed by atoms with Crippen molar-refractivity contribution in [3.05, 3.63) is 58.0 Å². The van der Waals surface area contributed by atoms with Crippen molar-refractivity contribution in [2.45, 2.75) is 43.7 Å². The molecule has 0 spiro atoms. The van der Waals surface area contributed by atoms with E-state index in [1.807, 2.05) is 21.7 Å². The molecule has 180 valence electrons. The van der Waals surface area contributed by atoms with E-state index < -0.39 is 11.6 Å². The number of benzene rings is 1. The molecule has 0 aliphatic carbocycles. The van der Waals surface area contributed by atoms with E-state index in [0.717, 1.165) is 18.4 Å². The first-order valence-corrected chi connectivity index (χ1v) is 12.7. The Balaban J connectivity index is 1.37. The Hall–Kier alpha value is -2.78. The van der Waals surface area contributed by atoms with Crippen molar-refractivity contribution in [1.82, 2.24) is 15.1 Å². The highest BCUT2D eigenvalue weighted by Crippen LogP contribution is 2.37. The smallest absolute Gasteiger partial charge is 0.325 e. The molecule has 5 rings (SSSR count). The van der Waals surface area contributed by atoms with E-state index in [4.69, 9.17) is 4.74 Å². The van der Waals surface area contributed by atoms with Crippen molar-refractivity contribution in [3.63, 3.8) is 0 Å². The molecule has 2 aromatic rings. The molecule has 9 heteroatoms. The lowest BCUT2D eigenvalue weighted by Gasteiger charge is -2.41. The summed E-state index contributed by atoms with van der Waals surface area (Å²) in [4.78, 5) is 42.8. The van der Waals surface area contributed by atoms with Crippen LogP contribution in [0.2, 0.25) is 0 Å². The number of nitrogens with one attached hydrogen (secondary N) is 1. The summed E-state index contributed by atoms with van der Waals surface area (Å²) in [5, 5.41) is 6.76. The highest BCUT2D eigenvalue weighted by molar-refractivity contribution is 7.08. The van der Waals surface area contributed by atoms with Crippen LogP contribution in [0.3, 0.4) is 0 Å². The predicted octanol–water partition coefficient (Wildman–Crippen LogP) is 3.45. The zero-order valence-electron chi connectivity index (χ0n) is 18.9. The summed E-state index contributed by atoms with van der Waals surface area (Å²) < 4.78 is 19.2. The van der Waals surface area contributed by atoms with Gasteiger partial charge in [-0.1, -0.05) is 12.1 Å². The number of amides is 4. The average molecular weight is 486 g/mol. The first kappa shape index (κ1) is 23.0. The number of piperidine rings is 1. The lowest BCUT2D eigenvalue weighted by atomic mass is 9.73. The second kappa shape index (κ2) is 9.46. The second-order valence-corrected chi connectivity index (χ2v) is 10.1. The number of nitrogens with zero attached hydrogens (tertiary/aromatic N) is 2. The summed E-state index contributed by atoms with van der Waals surface area (Å²) in [5.41, 5.74) is 0.341. The van der Waals surface area contributed by atoms with Crippen molar-refractivity contribution >= 4 is 29.2 Å². The van der Waals surface area contributed by atoms with Crippen molar-refractivity contribution in [1.29, 1.82) is 0 Å². The number of carbonyl (C=O) groups excluding carboxylic acids is 3. The van der Waals surface area contributed by atoms with Gasteiger partial charge in [-0.15, -0.1) is 0 Å². The minimum Gasteiger partial charge on any atom is -0.376 e. The molecular weight excluding hydrogens is 457 g/mol.